The van der Waals surface area contributed by atoms with Crippen LogP contribution in [0.25, 0.3) is 0 Å². The lowest BCUT2D eigenvalue weighted by Crippen LogP contribution is -2.25. The molecule has 0 saturated carbocycles. The number of nitrogens with zero attached hydrogens (tertiary/aromatic N) is 1. The zero-order valence-electron chi connectivity index (χ0n) is 16.3. The van der Waals surface area contributed by atoms with E-state index in [0.29, 0.717) is 13.0 Å². The van der Waals surface area contributed by atoms with Crippen molar-refractivity contribution in [3.8, 4) is 0 Å². The number of hydrogen-bond acceptors (Lipinski definition) is 4. The second-order valence-electron chi connectivity index (χ2n) is 7.10. The van der Waals surface area contributed by atoms with Gasteiger partial charge in [-0.3, -0.25) is 9.59 Å². The first-order chi connectivity index (χ1) is 13.2. The molecule has 2 amide bonds. The van der Waals surface area contributed by atoms with Gasteiger partial charge in [-0.05, 0) is 55.2 Å². The average molecular weight is 401 g/mol. The summed E-state index contributed by atoms with van der Waals surface area (Å²) in [6.07, 6.45) is 0.512. The van der Waals surface area contributed by atoms with Crippen molar-refractivity contribution in [1.82, 2.24) is 0 Å². The molecule has 0 aliphatic carbocycles. The van der Waals surface area contributed by atoms with E-state index in [1.165, 1.54) is 13.0 Å². The van der Waals surface area contributed by atoms with Crippen molar-refractivity contribution in [1.29, 1.82) is 0 Å². The largest absolute Gasteiger partial charge is 0.326 e. The Morgan fingerprint density at radius 2 is 1.79 bits per heavy atom. The normalized spacial score (nSPS) is 13.3. The number of nitrogens with one attached hydrogen (secondary N) is 1. The number of carbonyl (C=O) groups excluding carboxylic acids is 2. The third kappa shape index (κ3) is 4.09. The van der Waals surface area contributed by atoms with Gasteiger partial charge < -0.3 is 10.2 Å². The number of para-hydroxylation sites is 1. The fourth-order valence-corrected chi connectivity index (χ4v) is 4.74. The van der Waals surface area contributed by atoms with E-state index < -0.39 is 9.84 Å². The Bertz CT molecular complexity index is 1020. The Morgan fingerprint density at radius 3 is 2.43 bits per heavy atom. The average Bonchev–Trinajstić information content (AvgIpc) is 3.07. The number of rotatable bonds is 5. The molecule has 0 atom stereocenters. The van der Waals surface area contributed by atoms with Crippen LogP contribution < -0.4 is 10.2 Å². The van der Waals surface area contributed by atoms with Crippen LogP contribution in [0.15, 0.2) is 41.3 Å². The molecular formula is C21H24N2O4S. The summed E-state index contributed by atoms with van der Waals surface area (Å²) in [4.78, 5) is 25.7. The van der Waals surface area contributed by atoms with E-state index in [0.717, 1.165) is 28.1 Å². The highest BCUT2D eigenvalue weighted by Crippen LogP contribution is 2.30. The van der Waals surface area contributed by atoms with Gasteiger partial charge in [-0.25, -0.2) is 8.42 Å². The molecule has 0 unspecified atom stereocenters. The van der Waals surface area contributed by atoms with Gasteiger partial charge in [-0.1, -0.05) is 18.2 Å². The van der Waals surface area contributed by atoms with Gasteiger partial charge in [0.2, 0.25) is 11.8 Å². The summed E-state index contributed by atoms with van der Waals surface area (Å²) < 4.78 is 25.4. The first kappa shape index (κ1) is 20.1. The lowest BCUT2D eigenvalue weighted by molar-refractivity contribution is -0.117. The quantitative estimate of drug-likeness (QED) is 0.836. The summed E-state index contributed by atoms with van der Waals surface area (Å²) >= 11 is 0. The van der Waals surface area contributed by atoms with Gasteiger partial charge in [-0.15, -0.1) is 0 Å². The van der Waals surface area contributed by atoms with Gasteiger partial charge >= 0.3 is 0 Å². The fraction of sp³-hybridized carbons (Fsp3) is 0.333. The highest BCUT2D eigenvalue weighted by molar-refractivity contribution is 7.91. The number of hydrogen-bond donors (Lipinski definition) is 1. The highest BCUT2D eigenvalue weighted by Gasteiger charge is 2.25. The molecule has 1 aliphatic heterocycles. The molecule has 28 heavy (non-hydrogen) atoms. The molecule has 3 rings (SSSR count). The molecule has 2 aromatic rings. The zero-order chi connectivity index (χ0) is 20.5. The van der Waals surface area contributed by atoms with Gasteiger partial charge in [0.05, 0.1) is 10.6 Å². The summed E-state index contributed by atoms with van der Waals surface area (Å²) in [6.45, 7) is 5.85. The zero-order valence-corrected chi connectivity index (χ0v) is 17.1. The third-order valence-corrected chi connectivity index (χ3v) is 6.74. The van der Waals surface area contributed by atoms with Crippen molar-refractivity contribution in [2.24, 2.45) is 0 Å². The van der Waals surface area contributed by atoms with Crippen LogP contribution in [-0.4, -0.2) is 32.5 Å². The molecule has 1 N–H and O–H groups in total. The Kier molecular flexibility index (Phi) is 5.56. The molecule has 0 spiro atoms. The van der Waals surface area contributed by atoms with Crippen LogP contribution >= 0.6 is 0 Å². The molecule has 6 nitrogen and oxygen atoms in total. The minimum absolute atomic E-state index is 0.0578. The van der Waals surface area contributed by atoms with Crippen molar-refractivity contribution in [3.63, 3.8) is 0 Å². The SMILES string of the molecule is CC(=O)N1CCc2cc(S(=O)(=O)CCC(=O)Nc3c(C)cccc3C)ccc21. The number of amides is 2. The van der Waals surface area contributed by atoms with Gasteiger partial charge in [-0.2, -0.15) is 0 Å². The molecule has 148 valence electrons. The van der Waals surface area contributed by atoms with Crippen LogP contribution in [0.3, 0.4) is 0 Å². The van der Waals surface area contributed by atoms with Gasteiger partial charge in [0, 0.05) is 31.3 Å². The maximum atomic E-state index is 12.7. The molecular weight excluding hydrogens is 376 g/mol. The molecule has 7 heteroatoms. The standard InChI is InChI=1S/C21H24N2O4S/c1-14-5-4-6-15(2)21(14)22-20(25)10-12-28(26,27)18-7-8-19-17(13-18)9-11-23(19)16(3)24/h4-8,13H,9-12H2,1-3H3,(H,22,25). The molecule has 1 heterocycles. The number of fused-ring (bicyclic) bond motifs is 1. The number of carbonyl (C=O) groups is 2. The van der Waals surface area contributed by atoms with E-state index in [9.17, 15) is 18.0 Å². The van der Waals surface area contributed by atoms with Crippen LogP contribution in [0, 0.1) is 13.8 Å². The first-order valence-corrected chi connectivity index (χ1v) is 10.8. The maximum absolute atomic E-state index is 12.7. The molecule has 0 saturated heterocycles. The Morgan fingerprint density at radius 1 is 1.11 bits per heavy atom. The van der Waals surface area contributed by atoms with Crippen molar-refractivity contribution in [2.45, 2.75) is 38.5 Å². The van der Waals surface area contributed by atoms with Gasteiger partial charge in [0.15, 0.2) is 9.84 Å². The van der Waals surface area contributed by atoms with Crippen LogP contribution in [0.2, 0.25) is 0 Å². The second kappa shape index (κ2) is 7.75. The first-order valence-electron chi connectivity index (χ1n) is 9.19. The van der Waals surface area contributed by atoms with E-state index in [1.807, 2.05) is 32.0 Å². The third-order valence-electron chi connectivity index (χ3n) is 5.03. The summed E-state index contributed by atoms with van der Waals surface area (Å²) in [5.74, 6) is -0.652. The van der Waals surface area contributed by atoms with Crippen molar-refractivity contribution < 1.29 is 18.0 Å². The van der Waals surface area contributed by atoms with E-state index in [1.54, 1.807) is 17.0 Å². The number of benzene rings is 2. The predicted octanol–water partition coefficient (Wildman–Crippen LogP) is 3.01. The maximum Gasteiger partial charge on any atom is 0.225 e. The van der Waals surface area contributed by atoms with E-state index >= 15 is 0 Å². The van der Waals surface area contributed by atoms with E-state index in [-0.39, 0.29) is 28.9 Å². The van der Waals surface area contributed by atoms with Crippen molar-refractivity contribution in [3.05, 3.63) is 53.1 Å². The second-order valence-corrected chi connectivity index (χ2v) is 9.20. The summed E-state index contributed by atoms with van der Waals surface area (Å²) in [7, 11) is -3.59. The van der Waals surface area contributed by atoms with Crippen molar-refractivity contribution in [2.75, 3.05) is 22.5 Å². The summed E-state index contributed by atoms with van der Waals surface area (Å²) in [5, 5.41) is 2.81. The molecule has 1 aliphatic rings. The summed E-state index contributed by atoms with van der Waals surface area (Å²) in [5.41, 5.74) is 4.21. The van der Waals surface area contributed by atoms with E-state index in [4.69, 9.17) is 0 Å². The number of aryl methyl sites for hydroxylation is 2. The number of sulfone groups is 1. The topological polar surface area (TPSA) is 83.6 Å². The molecule has 2 aromatic carbocycles. The lowest BCUT2D eigenvalue weighted by Gasteiger charge is -2.15. The van der Waals surface area contributed by atoms with Crippen molar-refractivity contribution >= 4 is 33.0 Å². The van der Waals surface area contributed by atoms with Crippen LogP contribution in [0.1, 0.15) is 30.0 Å². The number of anilines is 2. The van der Waals surface area contributed by atoms with Crippen LogP contribution in [-0.2, 0) is 25.8 Å². The minimum Gasteiger partial charge on any atom is -0.326 e. The Hall–Kier alpha value is -2.67. The minimum atomic E-state index is -3.59. The van der Waals surface area contributed by atoms with Crippen LogP contribution in [0.4, 0.5) is 11.4 Å². The Balaban J connectivity index is 1.69. The van der Waals surface area contributed by atoms with Gasteiger partial charge in [0.25, 0.3) is 0 Å². The lowest BCUT2D eigenvalue weighted by atomic mass is 10.1. The molecule has 0 fully saturated rings. The van der Waals surface area contributed by atoms with Crippen LogP contribution in [0.5, 0.6) is 0 Å². The van der Waals surface area contributed by atoms with E-state index in [2.05, 4.69) is 5.32 Å². The monoisotopic (exact) mass is 400 g/mol. The molecule has 0 bridgehead atoms. The smallest absolute Gasteiger partial charge is 0.225 e. The molecule has 0 radical (unpaired) electrons. The fourth-order valence-electron chi connectivity index (χ4n) is 3.46. The highest BCUT2D eigenvalue weighted by atomic mass is 32.2. The van der Waals surface area contributed by atoms with Gasteiger partial charge in [0.1, 0.15) is 0 Å². The predicted molar refractivity (Wildman–Crippen MR) is 109 cm³/mol. The summed E-state index contributed by atoms with van der Waals surface area (Å²) in [6, 6.07) is 10.5. The molecule has 0 aromatic heterocycles. The Labute approximate surface area is 165 Å².